The lowest BCUT2D eigenvalue weighted by Crippen LogP contribution is -2.26. The molecule has 0 saturated carbocycles. The van der Waals surface area contributed by atoms with Crippen LogP contribution in [0.3, 0.4) is 0 Å². The van der Waals surface area contributed by atoms with Crippen LogP contribution in [0.5, 0.6) is 11.6 Å². The molecule has 2 aromatic heterocycles. The topological polar surface area (TPSA) is 115 Å². The van der Waals surface area contributed by atoms with E-state index in [2.05, 4.69) is 30.3 Å². The first kappa shape index (κ1) is 23.8. The Hall–Kier alpha value is -3.44. The number of hydrogen-bond donors (Lipinski definition) is 2. The first-order valence-electron chi connectivity index (χ1n) is 9.15. The molecule has 2 rings (SSSR count). The molecule has 12 heteroatoms. The molecule has 2 amide bonds. The van der Waals surface area contributed by atoms with E-state index in [9.17, 15) is 22.8 Å². The van der Waals surface area contributed by atoms with Crippen LogP contribution in [-0.4, -0.2) is 46.7 Å². The smallest absolute Gasteiger partial charge is 0.422 e. The Morgan fingerprint density at radius 1 is 1.19 bits per heavy atom. The van der Waals surface area contributed by atoms with Crippen molar-refractivity contribution in [3.05, 3.63) is 35.3 Å². The second-order valence-corrected chi connectivity index (χ2v) is 6.80. The van der Waals surface area contributed by atoms with E-state index in [4.69, 9.17) is 4.74 Å². The van der Waals surface area contributed by atoms with Crippen LogP contribution < -0.4 is 20.1 Å². The molecule has 0 unspecified atom stereocenters. The number of nitrogens with zero attached hydrogens (tertiary/aromatic N) is 3. The standard InChI is InChI=1S/C19H22F3N5O4/c1-10(2)15(28)27-18-25-11(3)5-13(26-18)16(29)23-7-12-6-14(30-4)17(24-8-12)31-9-19(20,21)22/h5-6,8,10H,7,9H2,1-4H3,(H,23,29)(H,25,26,27,28). The Bertz CT molecular complexity index is 951. The van der Waals surface area contributed by atoms with Gasteiger partial charge in [0.05, 0.1) is 7.11 Å². The first-order chi connectivity index (χ1) is 14.5. The summed E-state index contributed by atoms with van der Waals surface area (Å²) in [6.07, 6.45) is -3.25. The van der Waals surface area contributed by atoms with Crippen LogP contribution >= 0.6 is 0 Å². The molecule has 0 spiro atoms. The lowest BCUT2D eigenvalue weighted by atomic mass is 10.2. The average Bonchev–Trinajstić information content (AvgIpc) is 2.69. The molecule has 0 aromatic carbocycles. The van der Waals surface area contributed by atoms with Crippen LogP contribution in [-0.2, 0) is 11.3 Å². The van der Waals surface area contributed by atoms with Crippen LogP contribution in [0.1, 0.15) is 35.6 Å². The Balaban J connectivity index is 2.06. The van der Waals surface area contributed by atoms with E-state index < -0.39 is 18.7 Å². The maximum absolute atomic E-state index is 12.5. The molecular weight excluding hydrogens is 419 g/mol. The van der Waals surface area contributed by atoms with Gasteiger partial charge in [-0.3, -0.25) is 14.9 Å². The Kier molecular flexibility index (Phi) is 7.72. The van der Waals surface area contributed by atoms with Gasteiger partial charge in [0, 0.05) is 24.4 Å². The number of hydrogen-bond acceptors (Lipinski definition) is 7. The summed E-state index contributed by atoms with van der Waals surface area (Å²) in [5.41, 5.74) is 0.981. The van der Waals surface area contributed by atoms with Crippen molar-refractivity contribution in [2.24, 2.45) is 5.92 Å². The summed E-state index contributed by atoms with van der Waals surface area (Å²) in [5.74, 6) is -1.42. The number of aryl methyl sites for hydroxylation is 1. The van der Waals surface area contributed by atoms with Gasteiger partial charge < -0.3 is 14.8 Å². The van der Waals surface area contributed by atoms with E-state index in [1.807, 2.05) is 0 Å². The minimum absolute atomic E-state index is 0.00151. The van der Waals surface area contributed by atoms with Crippen LogP contribution in [0.15, 0.2) is 18.3 Å². The molecule has 0 aliphatic carbocycles. The van der Waals surface area contributed by atoms with Crippen molar-refractivity contribution in [1.82, 2.24) is 20.3 Å². The molecule has 2 N–H and O–H groups in total. The number of methoxy groups -OCH3 is 1. The molecule has 0 aliphatic rings. The summed E-state index contributed by atoms with van der Waals surface area (Å²) >= 11 is 0. The summed E-state index contributed by atoms with van der Waals surface area (Å²) in [4.78, 5) is 36.2. The monoisotopic (exact) mass is 441 g/mol. The van der Waals surface area contributed by atoms with Gasteiger partial charge in [0.1, 0.15) is 5.69 Å². The molecule has 0 radical (unpaired) electrons. The van der Waals surface area contributed by atoms with Gasteiger partial charge in [0.25, 0.3) is 11.8 Å². The SMILES string of the molecule is COc1cc(CNC(=O)c2cc(C)nc(NC(=O)C(C)C)n2)cnc1OCC(F)(F)F. The summed E-state index contributed by atoms with van der Waals surface area (Å²) in [6.45, 7) is 3.56. The molecule has 31 heavy (non-hydrogen) atoms. The maximum Gasteiger partial charge on any atom is 0.422 e. The highest BCUT2D eigenvalue weighted by molar-refractivity contribution is 5.94. The van der Waals surface area contributed by atoms with Gasteiger partial charge in [0.15, 0.2) is 12.4 Å². The van der Waals surface area contributed by atoms with Crippen molar-refractivity contribution in [2.45, 2.75) is 33.5 Å². The fraction of sp³-hybridized carbons (Fsp3) is 0.421. The highest BCUT2D eigenvalue weighted by atomic mass is 19.4. The van der Waals surface area contributed by atoms with Crippen molar-refractivity contribution in [3.63, 3.8) is 0 Å². The van der Waals surface area contributed by atoms with E-state index in [-0.39, 0.29) is 41.6 Å². The maximum atomic E-state index is 12.5. The highest BCUT2D eigenvalue weighted by Gasteiger charge is 2.29. The normalized spacial score (nSPS) is 11.2. The molecule has 2 heterocycles. The van der Waals surface area contributed by atoms with Crippen molar-refractivity contribution in [2.75, 3.05) is 19.0 Å². The van der Waals surface area contributed by atoms with Gasteiger partial charge in [0.2, 0.25) is 11.9 Å². The number of anilines is 1. The molecule has 0 atom stereocenters. The summed E-state index contributed by atoms with van der Waals surface area (Å²) in [7, 11) is 1.26. The fourth-order valence-electron chi connectivity index (χ4n) is 2.24. The Morgan fingerprint density at radius 2 is 1.90 bits per heavy atom. The second-order valence-electron chi connectivity index (χ2n) is 6.80. The van der Waals surface area contributed by atoms with Gasteiger partial charge in [-0.25, -0.2) is 15.0 Å². The Morgan fingerprint density at radius 3 is 2.52 bits per heavy atom. The third-order valence-electron chi connectivity index (χ3n) is 3.77. The predicted octanol–water partition coefficient (Wildman–Crippen LogP) is 2.65. The van der Waals surface area contributed by atoms with Gasteiger partial charge in [-0.05, 0) is 24.6 Å². The van der Waals surface area contributed by atoms with Crippen molar-refractivity contribution in [3.8, 4) is 11.6 Å². The van der Waals surface area contributed by atoms with Crippen LogP contribution in [0.25, 0.3) is 0 Å². The number of ether oxygens (including phenoxy) is 2. The van der Waals surface area contributed by atoms with Crippen molar-refractivity contribution >= 4 is 17.8 Å². The predicted molar refractivity (Wildman–Crippen MR) is 104 cm³/mol. The minimum atomic E-state index is -4.51. The molecule has 0 saturated heterocycles. The van der Waals surface area contributed by atoms with E-state index >= 15 is 0 Å². The van der Waals surface area contributed by atoms with Gasteiger partial charge in [-0.15, -0.1) is 0 Å². The number of aromatic nitrogens is 3. The molecule has 0 aliphatic heterocycles. The number of halogens is 3. The fourth-order valence-corrected chi connectivity index (χ4v) is 2.24. The van der Waals surface area contributed by atoms with E-state index in [1.165, 1.54) is 25.4 Å². The number of nitrogens with one attached hydrogen (secondary N) is 2. The van der Waals surface area contributed by atoms with Gasteiger partial charge >= 0.3 is 6.18 Å². The van der Waals surface area contributed by atoms with E-state index in [0.29, 0.717) is 11.3 Å². The van der Waals surface area contributed by atoms with Crippen LogP contribution in [0.2, 0.25) is 0 Å². The summed E-state index contributed by atoms with van der Waals surface area (Å²) < 4.78 is 46.6. The highest BCUT2D eigenvalue weighted by Crippen LogP contribution is 2.27. The number of rotatable bonds is 8. The number of carbonyl (C=O) groups excluding carboxylic acids is 2. The largest absolute Gasteiger partial charge is 0.491 e. The summed E-state index contributed by atoms with van der Waals surface area (Å²) in [6, 6.07) is 2.85. The zero-order valence-electron chi connectivity index (χ0n) is 17.3. The number of carbonyl (C=O) groups is 2. The first-order valence-corrected chi connectivity index (χ1v) is 9.15. The average molecular weight is 441 g/mol. The number of amides is 2. The second kappa shape index (κ2) is 10.0. The molecule has 168 valence electrons. The molecular formula is C19H22F3N5O4. The van der Waals surface area contributed by atoms with Crippen molar-refractivity contribution < 1.29 is 32.2 Å². The molecule has 0 bridgehead atoms. The quantitative estimate of drug-likeness (QED) is 0.647. The van der Waals surface area contributed by atoms with E-state index in [1.54, 1.807) is 20.8 Å². The lowest BCUT2D eigenvalue weighted by molar-refractivity contribution is -0.154. The van der Waals surface area contributed by atoms with Crippen molar-refractivity contribution in [1.29, 1.82) is 0 Å². The van der Waals surface area contributed by atoms with Gasteiger partial charge in [-0.1, -0.05) is 13.8 Å². The zero-order valence-corrected chi connectivity index (χ0v) is 17.3. The lowest BCUT2D eigenvalue weighted by Gasteiger charge is -2.13. The van der Waals surface area contributed by atoms with Crippen LogP contribution in [0.4, 0.5) is 19.1 Å². The van der Waals surface area contributed by atoms with Gasteiger partial charge in [-0.2, -0.15) is 13.2 Å². The number of pyridine rings is 1. The number of alkyl halides is 3. The zero-order chi connectivity index (χ0) is 23.2. The molecule has 0 fully saturated rings. The van der Waals surface area contributed by atoms with Crippen LogP contribution in [0, 0.1) is 12.8 Å². The third kappa shape index (κ3) is 7.39. The minimum Gasteiger partial charge on any atom is -0.491 e. The summed E-state index contributed by atoms with van der Waals surface area (Å²) in [5, 5.41) is 5.15. The molecule has 2 aromatic rings. The van der Waals surface area contributed by atoms with E-state index in [0.717, 1.165) is 0 Å². The Labute approximate surface area is 176 Å². The molecule has 9 nitrogen and oxygen atoms in total. The third-order valence-corrected chi connectivity index (χ3v) is 3.77.